The van der Waals surface area contributed by atoms with Crippen LogP contribution in [-0.4, -0.2) is 9.55 Å². The molecular weight excluding hydrogens is 528 g/mol. The van der Waals surface area contributed by atoms with Crippen LogP contribution in [0.4, 0.5) is 0 Å². The number of hydrogen-bond donors (Lipinski definition) is 0. The molecule has 3 aromatic heterocycles. The molecular formula is C39H26N2O2. The second kappa shape index (κ2) is 8.52. The lowest BCUT2D eigenvalue weighted by atomic mass is 9.82. The summed E-state index contributed by atoms with van der Waals surface area (Å²) >= 11 is 0. The third-order valence-electron chi connectivity index (χ3n) is 9.29. The van der Waals surface area contributed by atoms with Gasteiger partial charge in [-0.25, -0.2) is 0 Å². The van der Waals surface area contributed by atoms with Crippen LogP contribution in [0.1, 0.15) is 25.0 Å². The van der Waals surface area contributed by atoms with Crippen molar-refractivity contribution in [2.45, 2.75) is 19.3 Å². The third-order valence-corrected chi connectivity index (χ3v) is 9.29. The lowest BCUT2D eigenvalue weighted by Crippen LogP contribution is -2.14. The topological polar surface area (TPSA) is 48.0 Å². The highest BCUT2D eigenvalue weighted by Crippen LogP contribution is 2.50. The molecule has 9 rings (SSSR count). The van der Waals surface area contributed by atoms with Gasteiger partial charge in [0, 0.05) is 28.1 Å². The Morgan fingerprint density at radius 3 is 2.37 bits per heavy atom. The molecule has 0 bridgehead atoms. The predicted molar refractivity (Wildman–Crippen MR) is 175 cm³/mol. The normalized spacial score (nSPS) is 13.6. The summed E-state index contributed by atoms with van der Waals surface area (Å²) in [5.74, 6) is 0. The average molecular weight is 555 g/mol. The number of benzene rings is 5. The van der Waals surface area contributed by atoms with Gasteiger partial charge in [0.2, 0.25) is 5.43 Å². The molecule has 3 heterocycles. The molecule has 0 radical (unpaired) electrons. The van der Waals surface area contributed by atoms with Crippen molar-refractivity contribution in [3.8, 4) is 27.9 Å². The quantitative estimate of drug-likeness (QED) is 0.200. The summed E-state index contributed by atoms with van der Waals surface area (Å²) in [7, 11) is 0. The van der Waals surface area contributed by atoms with Gasteiger partial charge in [0.05, 0.1) is 28.0 Å². The largest absolute Gasteiger partial charge is 0.456 e. The van der Waals surface area contributed by atoms with Crippen molar-refractivity contribution >= 4 is 43.7 Å². The van der Waals surface area contributed by atoms with Crippen LogP contribution in [-0.2, 0) is 5.41 Å². The van der Waals surface area contributed by atoms with Crippen LogP contribution in [0.5, 0.6) is 0 Å². The fourth-order valence-electron chi connectivity index (χ4n) is 7.14. The van der Waals surface area contributed by atoms with Gasteiger partial charge in [0.25, 0.3) is 0 Å². The third kappa shape index (κ3) is 3.32. The van der Waals surface area contributed by atoms with Crippen molar-refractivity contribution in [2.24, 2.45) is 0 Å². The van der Waals surface area contributed by atoms with Gasteiger partial charge in [-0.1, -0.05) is 68.4 Å². The number of nitrogens with zero attached hydrogens (tertiary/aromatic N) is 2. The zero-order valence-corrected chi connectivity index (χ0v) is 23.8. The fourth-order valence-corrected chi connectivity index (χ4v) is 7.14. The van der Waals surface area contributed by atoms with E-state index in [1.165, 1.54) is 33.0 Å². The van der Waals surface area contributed by atoms with Crippen LogP contribution in [0.15, 0.2) is 131 Å². The highest BCUT2D eigenvalue weighted by molar-refractivity contribution is 6.11. The smallest absolute Gasteiger partial charge is 0.200 e. The summed E-state index contributed by atoms with van der Waals surface area (Å²) in [4.78, 5) is 17.9. The number of para-hydroxylation sites is 1. The summed E-state index contributed by atoms with van der Waals surface area (Å²) in [5.41, 5.74) is 11.7. The molecule has 4 nitrogen and oxygen atoms in total. The van der Waals surface area contributed by atoms with E-state index in [4.69, 9.17) is 4.42 Å². The van der Waals surface area contributed by atoms with E-state index in [0.29, 0.717) is 21.9 Å². The van der Waals surface area contributed by atoms with E-state index in [1.807, 2.05) is 54.9 Å². The van der Waals surface area contributed by atoms with Crippen LogP contribution in [0.3, 0.4) is 0 Å². The number of hydrogen-bond acceptors (Lipinski definition) is 3. The van der Waals surface area contributed by atoms with Crippen molar-refractivity contribution in [3.05, 3.63) is 143 Å². The lowest BCUT2D eigenvalue weighted by molar-refractivity contribution is 0.660. The van der Waals surface area contributed by atoms with Gasteiger partial charge < -0.3 is 8.98 Å². The Kier molecular flexibility index (Phi) is 4.79. The molecule has 8 aromatic rings. The average Bonchev–Trinajstić information content (AvgIpc) is 3.48. The number of pyridine rings is 1. The first kappa shape index (κ1) is 24.2. The van der Waals surface area contributed by atoms with Crippen molar-refractivity contribution in [2.75, 3.05) is 0 Å². The summed E-state index contributed by atoms with van der Waals surface area (Å²) in [6.07, 6.45) is 3.83. The molecule has 5 aromatic carbocycles. The first-order chi connectivity index (χ1) is 21.0. The van der Waals surface area contributed by atoms with Crippen molar-refractivity contribution in [3.63, 3.8) is 0 Å². The van der Waals surface area contributed by atoms with E-state index in [0.717, 1.165) is 27.8 Å². The molecule has 0 N–H and O–H groups in total. The zero-order chi connectivity index (χ0) is 28.9. The van der Waals surface area contributed by atoms with Crippen LogP contribution >= 0.6 is 0 Å². The maximum absolute atomic E-state index is 13.4. The van der Waals surface area contributed by atoms with Crippen LogP contribution < -0.4 is 5.43 Å². The second-order valence-corrected chi connectivity index (χ2v) is 12.0. The SMILES string of the molecule is CC1(C)c2ccccc2-c2cc3c(cc21)c1ccncc1n3-c1cccc(-c2ccc3oc4ccccc4c(=O)c3c2)c1. The van der Waals surface area contributed by atoms with E-state index in [-0.39, 0.29) is 10.8 Å². The zero-order valence-electron chi connectivity index (χ0n) is 23.8. The molecule has 0 fully saturated rings. The lowest BCUT2D eigenvalue weighted by Gasteiger charge is -2.21. The minimum absolute atomic E-state index is 0.0135. The first-order valence-corrected chi connectivity index (χ1v) is 14.6. The minimum Gasteiger partial charge on any atom is -0.456 e. The fraction of sp³-hybridized carbons (Fsp3) is 0.0769. The highest BCUT2D eigenvalue weighted by Gasteiger charge is 2.36. The molecule has 204 valence electrons. The van der Waals surface area contributed by atoms with E-state index < -0.39 is 0 Å². The minimum atomic E-state index is -0.0738. The molecule has 4 heteroatoms. The number of fused-ring (bicyclic) bond motifs is 8. The Bertz CT molecular complexity index is 2510. The van der Waals surface area contributed by atoms with Gasteiger partial charge in [-0.2, -0.15) is 0 Å². The monoisotopic (exact) mass is 554 g/mol. The molecule has 0 aliphatic heterocycles. The maximum Gasteiger partial charge on any atom is 0.200 e. The Hall–Kier alpha value is -5.48. The van der Waals surface area contributed by atoms with E-state index in [2.05, 4.69) is 90.1 Å². The van der Waals surface area contributed by atoms with Gasteiger partial charge in [-0.3, -0.25) is 9.78 Å². The molecule has 0 saturated carbocycles. The summed E-state index contributed by atoms with van der Waals surface area (Å²) in [5, 5.41) is 3.58. The van der Waals surface area contributed by atoms with Crippen LogP contribution in [0.2, 0.25) is 0 Å². The van der Waals surface area contributed by atoms with E-state index >= 15 is 0 Å². The number of aromatic nitrogens is 2. The molecule has 1 aliphatic carbocycles. The molecule has 0 atom stereocenters. The first-order valence-electron chi connectivity index (χ1n) is 14.6. The van der Waals surface area contributed by atoms with Gasteiger partial charge in [0.15, 0.2) is 0 Å². The Morgan fingerprint density at radius 1 is 0.628 bits per heavy atom. The van der Waals surface area contributed by atoms with Gasteiger partial charge in [-0.05, 0) is 88.0 Å². The standard InChI is InChI=1S/C39H26N2O2/c1-39(2)32-12-5-3-10-26(32)29-21-34-30(20-33(29)39)27-16-17-40-22-35(27)41(34)25-9-7-8-23(18-25)24-14-15-37-31(19-24)38(42)28-11-4-6-13-36(28)43-37/h3-22H,1-2H3. The molecule has 43 heavy (non-hydrogen) atoms. The Labute approximate surface area is 247 Å². The Morgan fingerprint density at radius 2 is 1.44 bits per heavy atom. The predicted octanol–water partition coefficient (Wildman–Crippen LogP) is 9.41. The second-order valence-electron chi connectivity index (χ2n) is 12.0. The summed E-state index contributed by atoms with van der Waals surface area (Å²) in [6.45, 7) is 4.64. The van der Waals surface area contributed by atoms with Gasteiger partial charge in [0.1, 0.15) is 11.2 Å². The molecule has 1 aliphatic rings. The van der Waals surface area contributed by atoms with Gasteiger partial charge >= 0.3 is 0 Å². The van der Waals surface area contributed by atoms with Crippen molar-refractivity contribution in [1.82, 2.24) is 9.55 Å². The van der Waals surface area contributed by atoms with E-state index in [9.17, 15) is 4.79 Å². The van der Waals surface area contributed by atoms with Crippen molar-refractivity contribution < 1.29 is 4.42 Å². The molecule has 0 amide bonds. The summed E-state index contributed by atoms with van der Waals surface area (Å²) in [6, 6.07) is 37.4. The van der Waals surface area contributed by atoms with Crippen LogP contribution in [0, 0.1) is 0 Å². The Balaban J connectivity index is 1.27. The molecule has 0 spiro atoms. The number of rotatable bonds is 2. The van der Waals surface area contributed by atoms with E-state index in [1.54, 1.807) is 0 Å². The molecule has 0 unspecified atom stereocenters. The highest BCUT2D eigenvalue weighted by atomic mass is 16.3. The van der Waals surface area contributed by atoms with Gasteiger partial charge in [-0.15, -0.1) is 0 Å². The van der Waals surface area contributed by atoms with Crippen LogP contribution in [0.25, 0.3) is 71.7 Å². The molecule has 0 saturated heterocycles. The summed E-state index contributed by atoms with van der Waals surface area (Å²) < 4.78 is 8.38. The maximum atomic E-state index is 13.4. The van der Waals surface area contributed by atoms with Crippen molar-refractivity contribution in [1.29, 1.82) is 0 Å².